The zero-order valence-corrected chi connectivity index (χ0v) is 12.1. The lowest BCUT2D eigenvalue weighted by Crippen LogP contribution is -2.35. The van der Waals surface area contributed by atoms with Crippen molar-refractivity contribution in [3.8, 4) is 0 Å². The van der Waals surface area contributed by atoms with E-state index in [0.717, 1.165) is 13.1 Å². The predicted octanol–water partition coefficient (Wildman–Crippen LogP) is 1.65. The molecule has 20 heavy (non-hydrogen) atoms. The van der Waals surface area contributed by atoms with E-state index in [0.29, 0.717) is 23.1 Å². The number of hydrogen-bond acceptors (Lipinski definition) is 3. The average Bonchev–Trinajstić information content (AvgIpc) is 2.87. The van der Waals surface area contributed by atoms with Gasteiger partial charge in [0.05, 0.1) is 5.69 Å². The van der Waals surface area contributed by atoms with Crippen molar-refractivity contribution in [2.24, 2.45) is 11.8 Å². The molecule has 2 heterocycles. The van der Waals surface area contributed by atoms with Gasteiger partial charge in [0, 0.05) is 13.1 Å². The second kappa shape index (κ2) is 5.04. The van der Waals surface area contributed by atoms with Crippen molar-refractivity contribution in [2.75, 3.05) is 13.1 Å². The minimum atomic E-state index is -0.368. The first-order valence-corrected chi connectivity index (χ1v) is 7.43. The molecule has 1 saturated carbocycles. The molecule has 3 rings (SSSR count). The van der Waals surface area contributed by atoms with Gasteiger partial charge in [0.25, 0.3) is 11.5 Å². The molecule has 2 atom stereocenters. The number of hydrogen-bond donors (Lipinski definition) is 1. The SMILES string of the molecule is Cc1n[nH]c(=O)c(C(=O)N2C[C@H]3CCCC[C@H]3C2)c1C. The third-order valence-electron chi connectivity index (χ3n) is 4.95. The lowest BCUT2D eigenvalue weighted by molar-refractivity contribution is 0.0781. The molecule has 1 N–H and O–H groups in total. The van der Waals surface area contributed by atoms with Crippen LogP contribution in [0.15, 0.2) is 4.79 Å². The number of aromatic nitrogens is 2. The van der Waals surface area contributed by atoms with Crippen molar-refractivity contribution in [1.29, 1.82) is 0 Å². The number of H-pyrrole nitrogens is 1. The highest BCUT2D eigenvalue weighted by molar-refractivity contribution is 5.95. The highest BCUT2D eigenvalue weighted by atomic mass is 16.2. The van der Waals surface area contributed by atoms with Gasteiger partial charge < -0.3 is 4.90 Å². The third-order valence-corrected chi connectivity index (χ3v) is 4.95. The van der Waals surface area contributed by atoms with Crippen LogP contribution in [-0.2, 0) is 0 Å². The number of rotatable bonds is 1. The monoisotopic (exact) mass is 275 g/mol. The van der Waals surface area contributed by atoms with Crippen molar-refractivity contribution in [3.63, 3.8) is 0 Å². The number of nitrogens with one attached hydrogen (secondary N) is 1. The number of likely N-dealkylation sites (tertiary alicyclic amines) is 1. The first-order valence-electron chi connectivity index (χ1n) is 7.43. The maximum absolute atomic E-state index is 12.7. The number of aryl methyl sites for hydroxylation is 1. The molecule has 0 bridgehead atoms. The third kappa shape index (κ3) is 2.15. The molecule has 0 aromatic carbocycles. The Labute approximate surface area is 118 Å². The van der Waals surface area contributed by atoms with Crippen LogP contribution in [0.4, 0.5) is 0 Å². The van der Waals surface area contributed by atoms with Crippen molar-refractivity contribution >= 4 is 5.91 Å². The topological polar surface area (TPSA) is 66.1 Å². The number of aromatic amines is 1. The summed E-state index contributed by atoms with van der Waals surface area (Å²) in [6.45, 7) is 5.23. The van der Waals surface area contributed by atoms with Gasteiger partial charge in [-0.15, -0.1) is 0 Å². The van der Waals surface area contributed by atoms with Gasteiger partial charge in [-0.05, 0) is 44.1 Å². The van der Waals surface area contributed by atoms with Crippen molar-refractivity contribution in [1.82, 2.24) is 15.1 Å². The molecule has 1 aliphatic carbocycles. The maximum atomic E-state index is 12.7. The summed E-state index contributed by atoms with van der Waals surface area (Å²) < 4.78 is 0. The molecular weight excluding hydrogens is 254 g/mol. The second-order valence-corrected chi connectivity index (χ2v) is 6.15. The Morgan fingerprint density at radius 2 is 1.80 bits per heavy atom. The summed E-state index contributed by atoms with van der Waals surface area (Å²) in [5, 5.41) is 6.33. The number of carbonyl (C=O) groups is 1. The van der Waals surface area contributed by atoms with Crippen LogP contribution >= 0.6 is 0 Å². The van der Waals surface area contributed by atoms with Crippen LogP contribution in [0.1, 0.15) is 47.3 Å². The number of amides is 1. The van der Waals surface area contributed by atoms with Crippen LogP contribution in [0, 0.1) is 25.7 Å². The summed E-state index contributed by atoms with van der Waals surface area (Å²) in [5.41, 5.74) is 1.32. The van der Waals surface area contributed by atoms with E-state index in [1.807, 2.05) is 11.8 Å². The first kappa shape index (κ1) is 13.3. The van der Waals surface area contributed by atoms with Crippen LogP contribution in [0.2, 0.25) is 0 Å². The van der Waals surface area contributed by atoms with E-state index in [1.54, 1.807) is 6.92 Å². The maximum Gasteiger partial charge on any atom is 0.277 e. The molecular formula is C15H21N3O2. The van der Waals surface area contributed by atoms with E-state index >= 15 is 0 Å². The Morgan fingerprint density at radius 1 is 1.20 bits per heavy atom. The average molecular weight is 275 g/mol. The molecule has 1 amide bonds. The largest absolute Gasteiger partial charge is 0.338 e. The van der Waals surface area contributed by atoms with Crippen LogP contribution in [-0.4, -0.2) is 34.1 Å². The summed E-state index contributed by atoms with van der Waals surface area (Å²) in [6.07, 6.45) is 4.99. The van der Waals surface area contributed by atoms with Crippen LogP contribution in [0.3, 0.4) is 0 Å². The fraction of sp³-hybridized carbons (Fsp3) is 0.667. The highest BCUT2D eigenvalue weighted by Crippen LogP contribution is 2.36. The van der Waals surface area contributed by atoms with Crippen molar-refractivity contribution in [2.45, 2.75) is 39.5 Å². The number of fused-ring (bicyclic) bond motifs is 1. The molecule has 1 aromatic heterocycles. The van der Waals surface area contributed by atoms with E-state index in [9.17, 15) is 9.59 Å². The van der Waals surface area contributed by atoms with Crippen molar-refractivity contribution < 1.29 is 4.79 Å². The summed E-state index contributed by atoms with van der Waals surface area (Å²) in [6, 6.07) is 0. The molecule has 0 unspecified atom stereocenters. The molecule has 0 spiro atoms. The Morgan fingerprint density at radius 3 is 2.40 bits per heavy atom. The molecule has 2 fully saturated rings. The summed E-state index contributed by atoms with van der Waals surface area (Å²) >= 11 is 0. The summed E-state index contributed by atoms with van der Waals surface area (Å²) in [7, 11) is 0. The zero-order chi connectivity index (χ0) is 14.3. The smallest absolute Gasteiger partial charge is 0.277 e. The van der Waals surface area contributed by atoms with Crippen LogP contribution < -0.4 is 5.56 Å². The number of carbonyl (C=O) groups excluding carboxylic acids is 1. The molecule has 5 nitrogen and oxygen atoms in total. The van der Waals surface area contributed by atoms with Gasteiger partial charge in [0.15, 0.2) is 0 Å². The first-order chi connectivity index (χ1) is 9.58. The van der Waals surface area contributed by atoms with Gasteiger partial charge in [-0.1, -0.05) is 12.8 Å². The lowest BCUT2D eigenvalue weighted by atomic mass is 9.82. The highest BCUT2D eigenvalue weighted by Gasteiger charge is 2.37. The van der Waals surface area contributed by atoms with Gasteiger partial charge in [0.2, 0.25) is 0 Å². The Hall–Kier alpha value is -1.65. The molecule has 1 saturated heterocycles. The molecule has 1 aliphatic heterocycles. The summed E-state index contributed by atoms with van der Waals surface area (Å²) in [4.78, 5) is 26.5. The fourth-order valence-corrected chi connectivity index (χ4v) is 3.61. The van der Waals surface area contributed by atoms with E-state index in [-0.39, 0.29) is 17.0 Å². The minimum absolute atomic E-state index is 0.122. The Balaban J connectivity index is 1.87. The van der Waals surface area contributed by atoms with E-state index in [4.69, 9.17) is 0 Å². The summed E-state index contributed by atoms with van der Waals surface area (Å²) in [5.74, 6) is 1.15. The molecule has 1 aromatic rings. The normalized spacial score (nSPS) is 25.6. The van der Waals surface area contributed by atoms with E-state index < -0.39 is 0 Å². The minimum Gasteiger partial charge on any atom is -0.338 e. The lowest BCUT2D eigenvalue weighted by Gasteiger charge is -2.22. The van der Waals surface area contributed by atoms with E-state index in [1.165, 1.54) is 25.7 Å². The Bertz CT molecular complexity index is 579. The van der Waals surface area contributed by atoms with E-state index in [2.05, 4.69) is 10.2 Å². The Kier molecular flexibility index (Phi) is 3.36. The van der Waals surface area contributed by atoms with Gasteiger partial charge >= 0.3 is 0 Å². The zero-order valence-electron chi connectivity index (χ0n) is 12.1. The standard InChI is InChI=1S/C15H21N3O2/c1-9-10(2)16-17-14(19)13(9)15(20)18-7-11-5-3-4-6-12(11)8-18/h11-12H,3-8H2,1-2H3,(H,17,19)/t11-,12+. The molecule has 2 aliphatic rings. The van der Waals surface area contributed by atoms with Crippen LogP contribution in [0.5, 0.6) is 0 Å². The quantitative estimate of drug-likeness (QED) is 0.847. The molecule has 0 radical (unpaired) electrons. The van der Waals surface area contributed by atoms with Gasteiger partial charge in [-0.3, -0.25) is 9.59 Å². The predicted molar refractivity (Wildman–Crippen MR) is 75.7 cm³/mol. The van der Waals surface area contributed by atoms with Crippen LogP contribution in [0.25, 0.3) is 0 Å². The van der Waals surface area contributed by atoms with Gasteiger partial charge in [-0.2, -0.15) is 5.10 Å². The molecule has 5 heteroatoms. The fourth-order valence-electron chi connectivity index (χ4n) is 3.61. The number of nitrogens with zero attached hydrogens (tertiary/aromatic N) is 2. The van der Waals surface area contributed by atoms with Gasteiger partial charge in [0.1, 0.15) is 5.56 Å². The van der Waals surface area contributed by atoms with Crippen molar-refractivity contribution in [3.05, 3.63) is 27.2 Å². The van der Waals surface area contributed by atoms with Gasteiger partial charge in [-0.25, -0.2) is 5.10 Å². The molecule has 108 valence electrons. The second-order valence-electron chi connectivity index (χ2n) is 6.15.